The van der Waals surface area contributed by atoms with Gasteiger partial charge in [-0.2, -0.15) is 0 Å². The van der Waals surface area contributed by atoms with Gasteiger partial charge in [-0.05, 0) is 55.4 Å². The molecular formula is C41H64N6O2S. The van der Waals surface area contributed by atoms with E-state index >= 15 is 0 Å². The number of aromatic nitrogens is 2. The van der Waals surface area contributed by atoms with Gasteiger partial charge < -0.3 is 20.1 Å². The molecule has 0 saturated heterocycles. The molecule has 0 fully saturated rings. The van der Waals surface area contributed by atoms with Crippen LogP contribution in [0.25, 0.3) is 0 Å². The van der Waals surface area contributed by atoms with Crippen molar-refractivity contribution in [1.82, 2.24) is 25.1 Å². The zero-order valence-electron chi connectivity index (χ0n) is 31.3. The molecule has 0 aliphatic carbocycles. The van der Waals surface area contributed by atoms with E-state index in [9.17, 15) is 10.1 Å². The summed E-state index contributed by atoms with van der Waals surface area (Å²) in [5.74, 6) is 0.578. The molecule has 8 nitrogen and oxygen atoms in total. The predicted octanol–water partition coefficient (Wildman–Crippen LogP) is 9.85. The molecular weight excluding hydrogens is 641 g/mol. The smallest absolute Gasteiger partial charge is 0.269 e. The number of hydrogen-bond donors (Lipinski definition) is 2. The Morgan fingerprint density at radius 1 is 0.880 bits per heavy atom. The molecule has 9 heteroatoms. The first-order valence-corrected chi connectivity index (χ1v) is 19.7. The number of thiocarbonyl (C=S) groups is 1. The lowest BCUT2D eigenvalue weighted by Gasteiger charge is -2.34. The molecule has 1 unspecified atom stereocenters. The van der Waals surface area contributed by atoms with E-state index in [2.05, 4.69) is 76.2 Å². The number of benzene rings is 2. The van der Waals surface area contributed by atoms with Gasteiger partial charge in [0.2, 0.25) is 0 Å². The fourth-order valence-corrected chi connectivity index (χ4v) is 6.83. The Labute approximate surface area is 308 Å². The minimum absolute atomic E-state index is 0.129. The van der Waals surface area contributed by atoms with Gasteiger partial charge in [-0.3, -0.25) is 10.1 Å². The second-order valence-corrected chi connectivity index (χ2v) is 14.6. The Morgan fingerprint density at radius 3 is 2.06 bits per heavy atom. The Kier molecular flexibility index (Phi) is 19.7. The Hall–Kier alpha value is -3.30. The van der Waals surface area contributed by atoms with E-state index in [1.807, 2.05) is 31.7 Å². The van der Waals surface area contributed by atoms with E-state index in [0.717, 1.165) is 36.6 Å². The molecule has 3 rings (SSSR count). The average Bonchev–Trinajstić information content (AvgIpc) is 3.57. The van der Waals surface area contributed by atoms with Crippen LogP contribution in [-0.4, -0.2) is 50.2 Å². The van der Waals surface area contributed by atoms with Crippen molar-refractivity contribution in [3.8, 4) is 0 Å². The number of rotatable bonds is 26. The fraction of sp³-hybridized carbons (Fsp3) is 0.610. The number of unbranched alkanes of at least 4 members (excludes halogenated alkanes) is 11. The van der Waals surface area contributed by atoms with E-state index in [-0.39, 0.29) is 10.6 Å². The first-order valence-electron chi connectivity index (χ1n) is 19.3. The Morgan fingerprint density at radius 2 is 1.48 bits per heavy atom. The summed E-state index contributed by atoms with van der Waals surface area (Å²) in [6.07, 6.45) is 23.1. The number of nitro groups is 1. The van der Waals surface area contributed by atoms with Gasteiger partial charge in [0.15, 0.2) is 5.11 Å². The van der Waals surface area contributed by atoms with Crippen LogP contribution in [0.5, 0.6) is 0 Å². The first-order chi connectivity index (χ1) is 24.3. The van der Waals surface area contributed by atoms with Gasteiger partial charge in [-0.25, -0.2) is 4.98 Å². The van der Waals surface area contributed by atoms with Crippen molar-refractivity contribution in [2.45, 2.75) is 142 Å². The molecule has 1 heterocycles. The standard InChI is InChI=1S/C41H64N6O2S/c1-5-34(2)40(32-45(41(50)42-4)30-36-22-18-16-19-23-36)44-35(3)21-17-14-12-10-8-6-7-9-11-13-15-20-24-39-29-43-33-46(39)31-37-25-27-38(28-26-37)47(48)49/h16,18-19,22-23,25-29,33-35,40,44H,5-15,17,20-21,24,30-32H2,1-4H3,(H,42,50)/t34-,35?,40+/m0/s1. The van der Waals surface area contributed by atoms with E-state index in [0.29, 0.717) is 24.5 Å². The third kappa shape index (κ3) is 15.7. The Balaban J connectivity index is 1.19. The van der Waals surface area contributed by atoms with Crippen LogP contribution in [-0.2, 0) is 19.5 Å². The molecule has 3 aromatic rings. The molecule has 0 spiro atoms. The topological polar surface area (TPSA) is 88.3 Å². The third-order valence-corrected chi connectivity index (χ3v) is 10.5. The minimum Gasteiger partial charge on any atom is -0.366 e. The number of aryl methyl sites for hydroxylation is 1. The van der Waals surface area contributed by atoms with Crippen LogP contribution >= 0.6 is 12.2 Å². The molecule has 276 valence electrons. The number of nitrogens with one attached hydrogen (secondary N) is 2. The molecule has 0 amide bonds. The quantitative estimate of drug-likeness (QED) is 0.0372. The summed E-state index contributed by atoms with van der Waals surface area (Å²) in [7, 11) is 1.92. The number of nitrogens with zero attached hydrogens (tertiary/aromatic N) is 4. The van der Waals surface area contributed by atoms with Crippen LogP contribution in [0.15, 0.2) is 67.1 Å². The maximum absolute atomic E-state index is 10.9. The molecule has 0 aliphatic heterocycles. The first kappa shape index (κ1) is 41.1. The lowest BCUT2D eigenvalue weighted by molar-refractivity contribution is -0.384. The molecule has 2 N–H and O–H groups in total. The number of non-ortho nitro benzene ring substituents is 1. The van der Waals surface area contributed by atoms with Crippen molar-refractivity contribution in [1.29, 1.82) is 0 Å². The summed E-state index contributed by atoms with van der Waals surface area (Å²) in [4.78, 5) is 17.2. The zero-order valence-corrected chi connectivity index (χ0v) is 32.1. The zero-order chi connectivity index (χ0) is 36.0. The van der Waals surface area contributed by atoms with Crippen molar-refractivity contribution < 1.29 is 4.92 Å². The van der Waals surface area contributed by atoms with E-state index in [1.165, 1.54) is 94.7 Å². The van der Waals surface area contributed by atoms with Crippen LogP contribution < -0.4 is 10.6 Å². The van der Waals surface area contributed by atoms with Gasteiger partial charge in [-0.1, -0.05) is 133 Å². The van der Waals surface area contributed by atoms with Gasteiger partial charge in [0, 0.05) is 62.8 Å². The second-order valence-electron chi connectivity index (χ2n) is 14.2. The summed E-state index contributed by atoms with van der Waals surface area (Å²) in [5.41, 5.74) is 3.70. The van der Waals surface area contributed by atoms with Crippen molar-refractivity contribution in [2.24, 2.45) is 5.92 Å². The SMILES string of the molecule is CC[C@H](C)[C@@H](CN(Cc1ccccc1)C(=S)NC)NC(C)CCCCCCCCCCCCCCc1cncn1Cc1ccc([N+](=O)[O-])cc1. The van der Waals surface area contributed by atoms with E-state index in [4.69, 9.17) is 12.2 Å². The van der Waals surface area contributed by atoms with Crippen LogP contribution in [0, 0.1) is 16.0 Å². The van der Waals surface area contributed by atoms with Crippen molar-refractivity contribution >= 4 is 23.0 Å². The summed E-state index contributed by atoms with van der Waals surface area (Å²) in [6, 6.07) is 18.3. The third-order valence-electron chi connectivity index (χ3n) is 10.1. The van der Waals surface area contributed by atoms with Crippen molar-refractivity contribution in [2.75, 3.05) is 13.6 Å². The number of nitro benzene ring substituents is 1. The highest BCUT2D eigenvalue weighted by atomic mass is 32.1. The van der Waals surface area contributed by atoms with Gasteiger partial charge >= 0.3 is 0 Å². The average molecular weight is 705 g/mol. The highest BCUT2D eigenvalue weighted by Crippen LogP contribution is 2.18. The highest BCUT2D eigenvalue weighted by Gasteiger charge is 2.22. The van der Waals surface area contributed by atoms with E-state index < -0.39 is 0 Å². The molecule has 0 aliphatic rings. The summed E-state index contributed by atoms with van der Waals surface area (Å²) in [5, 5.41) is 18.9. The predicted molar refractivity (Wildman–Crippen MR) is 213 cm³/mol. The van der Waals surface area contributed by atoms with Crippen LogP contribution in [0.3, 0.4) is 0 Å². The highest BCUT2D eigenvalue weighted by molar-refractivity contribution is 7.80. The largest absolute Gasteiger partial charge is 0.366 e. The van der Waals surface area contributed by atoms with Gasteiger partial charge in [0.05, 0.1) is 11.3 Å². The maximum atomic E-state index is 10.9. The maximum Gasteiger partial charge on any atom is 0.269 e. The molecule has 0 bridgehead atoms. The molecule has 2 aromatic carbocycles. The molecule has 0 saturated carbocycles. The number of hydrogen-bond acceptors (Lipinski definition) is 5. The fourth-order valence-electron chi connectivity index (χ4n) is 6.69. The summed E-state index contributed by atoms with van der Waals surface area (Å²) in [6.45, 7) is 9.44. The van der Waals surface area contributed by atoms with Crippen LogP contribution in [0.1, 0.15) is 127 Å². The number of imidazole rings is 1. The Bertz CT molecular complexity index is 1350. The summed E-state index contributed by atoms with van der Waals surface area (Å²) < 4.78 is 2.16. The van der Waals surface area contributed by atoms with Gasteiger partial charge in [0.1, 0.15) is 0 Å². The minimum atomic E-state index is -0.357. The molecule has 3 atom stereocenters. The molecule has 50 heavy (non-hydrogen) atoms. The van der Waals surface area contributed by atoms with Crippen LogP contribution in [0.4, 0.5) is 5.69 Å². The molecule has 1 aromatic heterocycles. The van der Waals surface area contributed by atoms with Gasteiger partial charge in [-0.15, -0.1) is 0 Å². The van der Waals surface area contributed by atoms with Gasteiger partial charge in [0.25, 0.3) is 5.69 Å². The van der Waals surface area contributed by atoms with Crippen molar-refractivity contribution in [3.63, 3.8) is 0 Å². The second kappa shape index (κ2) is 24.0. The molecule has 0 radical (unpaired) electrons. The van der Waals surface area contributed by atoms with Crippen LogP contribution in [0.2, 0.25) is 0 Å². The monoisotopic (exact) mass is 704 g/mol. The summed E-state index contributed by atoms with van der Waals surface area (Å²) >= 11 is 5.71. The normalized spacial score (nSPS) is 13.1. The van der Waals surface area contributed by atoms with Crippen molar-refractivity contribution in [3.05, 3.63) is 94.1 Å². The lowest BCUT2D eigenvalue weighted by atomic mass is 9.96. The van der Waals surface area contributed by atoms with E-state index in [1.54, 1.807) is 12.1 Å². The lowest BCUT2D eigenvalue weighted by Crippen LogP contribution is -2.51.